The molecule has 3 atom stereocenters. The molecule has 2 fully saturated rings. The summed E-state index contributed by atoms with van der Waals surface area (Å²) in [7, 11) is 0. The molecule has 0 saturated heterocycles. The molecule has 3 aliphatic rings. The predicted octanol–water partition coefficient (Wildman–Crippen LogP) is 4.82. The van der Waals surface area contributed by atoms with Crippen LogP contribution in [0.2, 0.25) is 0 Å². The summed E-state index contributed by atoms with van der Waals surface area (Å²) in [5.41, 5.74) is 2.08. The van der Waals surface area contributed by atoms with Crippen LogP contribution in [0.25, 0.3) is 11.1 Å². The van der Waals surface area contributed by atoms with E-state index in [4.69, 9.17) is 14.8 Å². The van der Waals surface area contributed by atoms with Crippen molar-refractivity contribution in [3.8, 4) is 17.0 Å². The van der Waals surface area contributed by atoms with Crippen molar-refractivity contribution in [2.75, 3.05) is 0 Å². The van der Waals surface area contributed by atoms with Crippen molar-refractivity contribution < 1.29 is 19.0 Å². The van der Waals surface area contributed by atoms with E-state index in [1.807, 2.05) is 12.1 Å². The minimum absolute atomic E-state index is 0.0120. The molecule has 0 amide bonds. The molecule has 0 bridgehead atoms. The van der Waals surface area contributed by atoms with Gasteiger partial charge in [-0.3, -0.25) is 9.79 Å². The lowest BCUT2D eigenvalue weighted by Crippen LogP contribution is -2.39. The van der Waals surface area contributed by atoms with Crippen molar-refractivity contribution in [1.82, 2.24) is 10.3 Å². The molecular formula is C26H30FN3O3. The summed E-state index contributed by atoms with van der Waals surface area (Å²) >= 11 is 0. The first-order valence-electron chi connectivity index (χ1n) is 12.0. The zero-order valence-corrected chi connectivity index (χ0v) is 18.8. The molecule has 2 aromatic rings. The van der Waals surface area contributed by atoms with Crippen LogP contribution >= 0.6 is 0 Å². The van der Waals surface area contributed by atoms with Crippen LogP contribution in [0.3, 0.4) is 0 Å². The van der Waals surface area contributed by atoms with E-state index in [2.05, 4.69) is 17.2 Å². The fourth-order valence-electron chi connectivity index (χ4n) is 5.31. The lowest BCUT2D eigenvalue weighted by molar-refractivity contribution is -0.143. The highest BCUT2D eigenvalue weighted by molar-refractivity contribution is 6.01. The summed E-state index contributed by atoms with van der Waals surface area (Å²) in [5.74, 6) is 0.577. The second-order valence-corrected chi connectivity index (χ2v) is 9.72. The number of halogens is 1. The number of aliphatic carboxylic acids is 1. The number of carboxylic acids is 1. The van der Waals surface area contributed by atoms with Gasteiger partial charge in [-0.25, -0.2) is 9.37 Å². The zero-order chi connectivity index (χ0) is 22.9. The van der Waals surface area contributed by atoms with Crippen molar-refractivity contribution in [3.05, 3.63) is 47.9 Å². The van der Waals surface area contributed by atoms with E-state index in [0.717, 1.165) is 24.0 Å². The molecule has 33 heavy (non-hydrogen) atoms. The molecule has 1 aromatic heterocycles. The molecule has 0 spiro atoms. The average Bonchev–Trinajstić information content (AvgIpc) is 3.22. The molecule has 2 aliphatic carbocycles. The number of benzene rings is 1. The number of rotatable bonds is 5. The number of ether oxygens (including phenoxy) is 1. The number of carboxylic acid groups (broad SMARTS) is 1. The van der Waals surface area contributed by atoms with Gasteiger partial charge in [-0.1, -0.05) is 13.0 Å². The van der Waals surface area contributed by atoms with E-state index < -0.39 is 5.97 Å². The Morgan fingerprint density at radius 1 is 1.09 bits per heavy atom. The van der Waals surface area contributed by atoms with Crippen LogP contribution in [-0.4, -0.2) is 40.1 Å². The maximum Gasteiger partial charge on any atom is 0.306 e. The molecule has 174 valence electrons. The van der Waals surface area contributed by atoms with Gasteiger partial charge in [-0.05, 0) is 74.6 Å². The Kier molecular flexibility index (Phi) is 6.04. The normalized spacial score (nSPS) is 29.0. The van der Waals surface area contributed by atoms with E-state index in [0.29, 0.717) is 54.9 Å². The number of hydrogen-bond acceptors (Lipinski definition) is 5. The Morgan fingerprint density at radius 2 is 1.88 bits per heavy atom. The quantitative estimate of drug-likeness (QED) is 0.681. The molecule has 1 aliphatic heterocycles. The van der Waals surface area contributed by atoms with Gasteiger partial charge in [0.1, 0.15) is 17.8 Å². The van der Waals surface area contributed by atoms with Gasteiger partial charge in [0, 0.05) is 17.8 Å². The summed E-state index contributed by atoms with van der Waals surface area (Å²) in [6, 6.07) is 9.47. The number of pyridine rings is 1. The number of aromatic nitrogens is 1. The van der Waals surface area contributed by atoms with Crippen molar-refractivity contribution in [1.29, 1.82) is 0 Å². The van der Waals surface area contributed by atoms with Crippen LogP contribution in [0.15, 0.2) is 41.5 Å². The molecule has 2 N–H and O–H groups in total. The molecule has 5 rings (SSSR count). The molecule has 2 heterocycles. The van der Waals surface area contributed by atoms with Crippen LogP contribution in [0.5, 0.6) is 5.88 Å². The number of hydrogen-bond donors (Lipinski definition) is 2. The Hall–Kier alpha value is -2.96. The van der Waals surface area contributed by atoms with Crippen LogP contribution < -0.4 is 10.1 Å². The van der Waals surface area contributed by atoms with E-state index >= 15 is 4.39 Å². The lowest BCUT2D eigenvalue weighted by atomic mass is 9.84. The van der Waals surface area contributed by atoms with Crippen molar-refractivity contribution in [2.45, 2.75) is 70.1 Å². The van der Waals surface area contributed by atoms with Gasteiger partial charge in [0.15, 0.2) is 0 Å². The second-order valence-electron chi connectivity index (χ2n) is 9.72. The topological polar surface area (TPSA) is 83.8 Å². The first-order valence-corrected chi connectivity index (χ1v) is 12.0. The summed E-state index contributed by atoms with van der Waals surface area (Å²) in [4.78, 5) is 20.2. The van der Waals surface area contributed by atoms with Crippen LogP contribution in [-0.2, 0) is 4.79 Å². The molecule has 0 radical (unpaired) electrons. The summed E-state index contributed by atoms with van der Waals surface area (Å²) in [5, 5.41) is 12.6. The molecule has 1 aromatic carbocycles. The third-order valence-electron chi connectivity index (χ3n) is 7.30. The molecule has 2 saturated carbocycles. The number of amidine groups is 1. The maximum atomic E-state index is 15.0. The number of aliphatic imine (C=N–C) groups is 1. The van der Waals surface area contributed by atoms with Crippen LogP contribution in [0, 0.1) is 17.7 Å². The second kappa shape index (κ2) is 9.12. The largest absolute Gasteiger partial charge is 0.481 e. The summed E-state index contributed by atoms with van der Waals surface area (Å²) in [6.07, 6.45) is 7.68. The highest BCUT2D eigenvalue weighted by Crippen LogP contribution is 2.31. The summed E-state index contributed by atoms with van der Waals surface area (Å²) < 4.78 is 20.9. The van der Waals surface area contributed by atoms with E-state index in [1.165, 1.54) is 12.5 Å². The third kappa shape index (κ3) is 4.72. The number of nitrogens with zero attached hydrogens (tertiary/aromatic N) is 2. The van der Waals surface area contributed by atoms with Gasteiger partial charge in [0.25, 0.3) is 0 Å². The number of fused-ring (bicyclic) bond motifs is 1. The van der Waals surface area contributed by atoms with E-state index in [9.17, 15) is 4.79 Å². The highest BCUT2D eigenvalue weighted by Gasteiger charge is 2.34. The summed E-state index contributed by atoms with van der Waals surface area (Å²) in [6.45, 7) is 2.26. The van der Waals surface area contributed by atoms with Crippen molar-refractivity contribution in [2.24, 2.45) is 16.8 Å². The van der Waals surface area contributed by atoms with Crippen LogP contribution in [0.4, 0.5) is 4.39 Å². The first kappa shape index (κ1) is 21.9. The van der Waals surface area contributed by atoms with Gasteiger partial charge in [-0.15, -0.1) is 0 Å². The standard InChI is InChI=1S/C26H30FN3O3/c1-15-2-10-22-23(12-15)30-25(29-22)20-9-5-17(13-21(20)27)18-6-11-24(28-14-18)33-19-7-3-16(4-8-19)26(31)32/h5-6,9,11,13-16,19,22-23H,2-4,7-8,10,12H2,1H3,(H,29,30)(H,31,32). The van der Waals surface area contributed by atoms with Gasteiger partial charge < -0.3 is 15.2 Å². The van der Waals surface area contributed by atoms with Gasteiger partial charge >= 0.3 is 5.97 Å². The zero-order valence-electron chi connectivity index (χ0n) is 18.8. The Labute approximate surface area is 193 Å². The van der Waals surface area contributed by atoms with Crippen LogP contribution in [0.1, 0.15) is 57.4 Å². The van der Waals surface area contributed by atoms with Gasteiger partial charge in [0.05, 0.1) is 23.6 Å². The first-order chi connectivity index (χ1) is 16.0. The van der Waals surface area contributed by atoms with Crippen molar-refractivity contribution in [3.63, 3.8) is 0 Å². The fraction of sp³-hybridized carbons (Fsp3) is 0.500. The van der Waals surface area contributed by atoms with Crippen molar-refractivity contribution >= 4 is 11.8 Å². The van der Waals surface area contributed by atoms with E-state index in [1.54, 1.807) is 18.3 Å². The Morgan fingerprint density at radius 3 is 2.58 bits per heavy atom. The molecule has 3 unspecified atom stereocenters. The smallest absolute Gasteiger partial charge is 0.306 e. The third-order valence-corrected chi connectivity index (χ3v) is 7.30. The molecular weight excluding hydrogens is 421 g/mol. The predicted molar refractivity (Wildman–Crippen MR) is 124 cm³/mol. The monoisotopic (exact) mass is 451 g/mol. The minimum atomic E-state index is -0.724. The number of carbonyl (C=O) groups is 1. The molecule has 7 heteroatoms. The Balaban J connectivity index is 1.23. The molecule has 6 nitrogen and oxygen atoms in total. The SMILES string of the molecule is CC1CCC2N=C(c3ccc(-c4ccc(OC5CCC(C(=O)O)CC5)nc4)cc3F)NC2C1. The fourth-order valence-corrected chi connectivity index (χ4v) is 5.31. The number of nitrogens with one attached hydrogen (secondary N) is 1. The maximum absolute atomic E-state index is 15.0. The highest BCUT2D eigenvalue weighted by atomic mass is 19.1. The van der Waals surface area contributed by atoms with Gasteiger partial charge in [0.2, 0.25) is 5.88 Å². The average molecular weight is 452 g/mol. The Bertz CT molecular complexity index is 1050. The van der Waals surface area contributed by atoms with Gasteiger partial charge in [-0.2, -0.15) is 0 Å². The van der Waals surface area contributed by atoms with E-state index in [-0.39, 0.29) is 23.9 Å². The lowest BCUT2D eigenvalue weighted by Gasteiger charge is -2.28. The minimum Gasteiger partial charge on any atom is -0.481 e.